The van der Waals surface area contributed by atoms with Crippen LogP contribution in [-0.4, -0.2) is 11.2 Å². The van der Waals surface area contributed by atoms with Crippen molar-refractivity contribution < 1.29 is 5.11 Å². The molecule has 16 heavy (non-hydrogen) atoms. The van der Waals surface area contributed by atoms with Crippen molar-refractivity contribution in [3.05, 3.63) is 34.0 Å². The van der Waals surface area contributed by atoms with E-state index in [4.69, 9.17) is 0 Å². The molecule has 1 N–H and O–H groups in total. The minimum Gasteiger partial charge on any atom is -0.392 e. The average Bonchev–Trinajstić information content (AvgIpc) is 2.73. The van der Waals surface area contributed by atoms with E-state index >= 15 is 0 Å². The van der Waals surface area contributed by atoms with Gasteiger partial charge in [0.1, 0.15) is 0 Å². The summed E-state index contributed by atoms with van der Waals surface area (Å²) < 4.78 is 0. The largest absolute Gasteiger partial charge is 0.392 e. The lowest BCUT2D eigenvalue weighted by Gasteiger charge is -2.27. The first-order valence-electron chi connectivity index (χ1n) is 6.07. The summed E-state index contributed by atoms with van der Waals surface area (Å²) in [7, 11) is 0. The quantitative estimate of drug-likeness (QED) is 0.786. The Bertz CT molecular complexity index is 367. The minimum absolute atomic E-state index is 0.189. The maximum atomic E-state index is 10.3. The molecule has 88 valence electrons. The molecule has 2 atom stereocenters. The van der Waals surface area contributed by atoms with E-state index in [0.717, 1.165) is 19.3 Å². The van der Waals surface area contributed by atoms with Crippen molar-refractivity contribution in [1.29, 1.82) is 0 Å². The molecule has 0 aromatic carbocycles. The highest BCUT2D eigenvalue weighted by Crippen LogP contribution is 2.38. The molecule has 1 heterocycles. The van der Waals surface area contributed by atoms with E-state index in [1.165, 1.54) is 28.9 Å². The van der Waals surface area contributed by atoms with Crippen LogP contribution in [-0.2, 0) is 6.42 Å². The Morgan fingerprint density at radius 2 is 2.50 bits per heavy atom. The van der Waals surface area contributed by atoms with Gasteiger partial charge in [0.25, 0.3) is 0 Å². The molecule has 0 spiro atoms. The van der Waals surface area contributed by atoms with Gasteiger partial charge in [0.2, 0.25) is 0 Å². The molecular weight excluding hydrogens is 216 g/mol. The number of aliphatic hydroxyl groups excluding tert-OH is 1. The second kappa shape index (κ2) is 5.15. The number of hydrogen-bond donors (Lipinski definition) is 1. The number of allylic oxidation sites excluding steroid dienone is 1. The lowest BCUT2D eigenvalue weighted by Crippen LogP contribution is -2.21. The maximum Gasteiger partial charge on any atom is 0.0612 e. The Kier molecular flexibility index (Phi) is 3.82. The molecule has 1 aromatic rings. The van der Waals surface area contributed by atoms with Crippen LogP contribution in [0.15, 0.2) is 23.6 Å². The molecular formula is C14H20OS. The van der Waals surface area contributed by atoms with Crippen molar-refractivity contribution in [2.24, 2.45) is 0 Å². The summed E-state index contributed by atoms with van der Waals surface area (Å²) in [5, 5.41) is 12.4. The van der Waals surface area contributed by atoms with Crippen LogP contribution >= 0.6 is 11.3 Å². The third kappa shape index (κ3) is 2.55. The molecule has 0 bridgehead atoms. The first kappa shape index (κ1) is 11.9. The van der Waals surface area contributed by atoms with Gasteiger partial charge in [-0.1, -0.05) is 5.57 Å². The fourth-order valence-corrected chi connectivity index (χ4v) is 3.51. The Hall–Kier alpha value is -0.600. The Balaban J connectivity index is 2.03. The summed E-state index contributed by atoms with van der Waals surface area (Å²) in [6.07, 6.45) is 5.18. The van der Waals surface area contributed by atoms with Gasteiger partial charge in [0.15, 0.2) is 0 Å². The molecule has 1 aliphatic carbocycles. The van der Waals surface area contributed by atoms with Crippen molar-refractivity contribution in [2.75, 3.05) is 0 Å². The van der Waals surface area contributed by atoms with Crippen LogP contribution < -0.4 is 0 Å². The zero-order chi connectivity index (χ0) is 11.5. The summed E-state index contributed by atoms with van der Waals surface area (Å²) in [6, 6.07) is 2.20. The van der Waals surface area contributed by atoms with Crippen molar-refractivity contribution in [1.82, 2.24) is 0 Å². The molecule has 0 fully saturated rings. The number of rotatable bonds is 4. The van der Waals surface area contributed by atoms with E-state index in [1.807, 2.05) is 18.3 Å². The van der Waals surface area contributed by atoms with Crippen LogP contribution in [0.1, 0.15) is 49.0 Å². The van der Waals surface area contributed by atoms with E-state index in [0.29, 0.717) is 5.92 Å². The third-order valence-corrected chi connectivity index (χ3v) is 4.43. The van der Waals surface area contributed by atoms with E-state index in [-0.39, 0.29) is 6.10 Å². The van der Waals surface area contributed by atoms with Gasteiger partial charge >= 0.3 is 0 Å². The number of thiophene rings is 1. The van der Waals surface area contributed by atoms with E-state index in [1.54, 1.807) is 0 Å². The molecule has 1 nitrogen and oxygen atoms in total. The topological polar surface area (TPSA) is 20.2 Å². The molecule has 0 radical (unpaired) electrons. The van der Waals surface area contributed by atoms with Gasteiger partial charge in [-0.15, -0.1) is 17.9 Å². The third-order valence-electron chi connectivity index (χ3n) is 3.43. The Labute approximate surface area is 102 Å². The molecule has 0 aliphatic heterocycles. The Morgan fingerprint density at radius 1 is 1.69 bits per heavy atom. The first-order valence-corrected chi connectivity index (χ1v) is 6.95. The van der Waals surface area contributed by atoms with Crippen LogP contribution in [0.2, 0.25) is 0 Å². The zero-order valence-corrected chi connectivity index (χ0v) is 10.7. The van der Waals surface area contributed by atoms with Gasteiger partial charge in [-0.2, -0.15) is 0 Å². The summed E-state index contributed by atoms with van der Waals surface area (Å²) in [5.74, 6) is 0.370. The Morgan fingerprint density at radius 3 is 3.25 bits per heavy atom. The highest BCUT2D eigenvalue weighted by atomic mass is 32.1. The highest BCUT2D eigenvalue weighted by Gasteiger charge is 2.26. The van der Waals surface area contributed by atoms with Gasteiger partial charge in [-0.3, -0.25) is 0 Å². The maximum absolute atomic E-state index is 10.3. The van der Waals surface area contributed by atoms with Gasteiger partial charge in [-0.25, -0.2) is 0 Å². The second-order valence-electron chi connectivity index (χ2n) is 4.86. The molecule has 1 aliphatic rings. The number of hydrogen-bond acceptors (Lipinski definition) is 2. The van der Waals surface area contributed by atoms with E-state index in [2.05, 4.69) is 18.0 Å². The number of fused-ring (bicyclic) bond motifs is 1. The summed E-state index contributed by atoms with van der Waals surface area (Å²) in [4.78, 5) is 1.49. The standard InChI is InChI=1S/C14H20OS/c1-10(2)6-7-13(15)11-4-3-5-14-12(11)8-9-16-14/h8-9,11,13,15H,1,3-7H2,2H3. The fourth-order valence-electron chi connectivity index (χ4n) is 2.52. The van der Waals surface area contributed by atoms with Crippen LogP contribution in [0.25, 0.3) is 0 Å². The smallest absolute Gasteiger partial charge is 0.0612 e. The lowest BCUT2D eigenvalue weighted by atomic mass is 9.82. The van der Waals surface area contributed by atoms with Gasteiger partial charge < -0.3 is 5.11 Å². The van der Waals surface area contributed by atoms with E-state index in [9.17, 15) is 5.11 Å². The monoisotopic (exact) mass is 236 g/mol. The van der Waals surface area contributed by atoms with Crippen LogP contribution in [0.4, 0.5) is 0 Å². The molecule has 2 rings (SSSR count). The van der Waals surface area contributed by atoms with Gasteiger partial charge in [0, 0.05) is 10.8 Å². The molecule has 0 saturated carbocycles. The number of aliphatic hydroxyl groups is 1. The fraction of sp³-hybridized carbons (Fsp3) is 0.571. The normalized spacial score (nSPS) is 21.5. The van der Waals surface area contributed by atoms with Gasteiger partial charge in [0.05, 0.1) is 6.10 Å². The predicted octanol–water partition coefficient (Wildman–Crippen LogP) is 3.89. The summed E-state index contributed by atoms with van der Waals surface area (Å²) in [5.41, 5.74) is 2.57. The first-order chi connectivity index (χ1) is 7.68. The molecule has 0 amide bonds. The van der Waals surface area contributed by atoms with Crippen LogP contribution in [0.3, 0.4) is 0 Å². The zero-order valence-electron chi connectivity index (χ0n) is 9.91. The highest BCUT2D eigenvalue weighted by molar-refractivity contribution is 7.10. The predicted molar refractivity (Wildman–Crippen MR) is 70.1 cm³/mol. The summed E-state index contributed by atoms with van der Waals surface area (Å²) in [6.45, 7) is 5.93. The number of aryl methyl sites for hydroxylation is 1. The molecule has 0 saturated heterocycles. The van der Waals surface area contributed by atoms with Crippen LogP contribution in [0, 0.1) is 0 Å². The van der Waals surface area contributed by atoms with Gasteiger partial charge in [-0.05, 0) is 56.0 Å². The SMILES string of the molecule is C=C(C)CCC(O)C1CCCc2sccc21. The molecule has 2 heteroatoms. The summed E-state index contributed by atoms with van der Waals surface area (Å²) >= 11 is 1.84. The molecule has 1 aromatic heterocycles. The lowest BCUT2D eigenvalue weighted by molar-refractivity contribution is 0.126. The van der Waals surface area contributed by atoms with Crippen molar-refractivity contribution >= 4 is 11.3 Å². The van der Waals surface area contributed by atoms with Crippen molar-refractivity contribution in [3.63, 3.8) is 0 Å². The average molecular weight is 236 g/mol. The van der Waals surface area contributed by atoms with Crippen molar-refractivity contribution in [2.45, 2.75) is 51.0 Å². The second-order valence-corrected chi connectivity index (χ2v) is 5.86. The van der Waals surface area contributed by atoms with Crippen LogP contribution in [0.5, 0.6) is 0 Å². The van der Waals surface area contributed by atoms with Crippen molar-refractivity contribution in [3.8, 4) is 0 Å². The van der Waals surface area contributed by atoms with E-state index < -0.39 is 0 Å². The molecule has 2 unspecified atom stereocenters. The minimum atomic E-state index is -0.189.